The number of hydrogen-bond donors (Lipinski definition) is 1. The van der Waals surface area contributed by atoms with Crippen molar-refractivity contribution >= 4 is 22.8 Å². The molecule has 0 spiro atoms. The van der Waals surface area contributed by atoms with Gasteiger partial charge in [-0.15, -0.1) is 0 Å². The minimum absolute atomic E-state index is 0.204. The van der Waals surface area contributed by atoms with Gasteiger partial charge in [-0.2, -0.15) is 0 Å². The summed E-state index contributed by atoms with van der Waals surface area (Å²) >= 11 is 0. The van der Waals surface area contributed by atoms with Crippen LogP contribution in [0.15, 0.2) is 47.0 Å². The Morgan fingerprint density at radius 3 is 2.68 bits per heavy atom. The number of ether oxygens (including phenoxy) is 2. The lowest BCUT2D eigenvalue weighted by molar-refractivity contribution is -0.136. The van der Waals surface area contributed by atoms with Gasteiger partial charge < -0.3 is 14.5 Å². The fraction of sp³-hybridized carbons (Fsp3) is 0.222. The maximum absolute atomic E-state index is 12.4. The monoisotopic (exact) mass is 340 g/mol. The van der Waals surface area contributed by atoms with Gasteiger partial charge in [0.05, 0.1) is 10.9 Å². The molecule has 1 aromatic carbocycles. The number of H-pyrrole nitrogens is 1. The van der Waals surface area contributed by atoms with E-state index in [1.807, 2.05) is 6.08 Å². The third kappa shape index (κ3) is 3.82. The molecule has 1 heterocycles. The van der Waals surface area contributed by atoms with Crippen LogP contribution in [0.25, 0.3) is 10.9 Å². The molecule has 0 fully saturated rings. The fourth-order valence-corrected chi connectivity index (χ4v) is 2.62. The van der Waals surface area contributed by atoms with Crippen molar-refractivity contribution in [1.82, 2.24) is 9.97 Å². The van der Waals surface area contributed by atoms with Crippen LogP contribution < -0.4 is 10.3 Å². The molecule has 0 aliphatic heterocycles. The Balaban J connectivity index is 1.97. The van der Waals surface area contributed by atoms with Crippen molar-refractivity contribution in [2.75, 3.05) is 0 Å². The Labute approximate surface area is 143 Å². The van der Waals surface area contributed by atoms with Gasteiger partial charge in [-0.25, -0.2) is 4.98 Å². The number of benzene rings is 1. The van der Waals surface area contributed by atoms with E-state index >= 15 is 0 Å². The first-order valence-corrected chi connectivity index (χ1v) is 7.71. The predicted octanol–water partition coefficient (Wildman–Crippen LogP) is 2.34. The zero-order valence-corrected chi connectivity index (χ0v) is 13.7. The molecule has 0 amide bonds. The molecule has 1 aliphatic carbocycles. The molecule has 128 valence electrons. The summed E-state index contributed by atoms with van der Waals surface area (Å²) in [6.07, 6.45) is 5.95. The molecule has 1 atom stereocenters. The summed E-state index contributed by atoms with van der Waals surface area (Å²) < 4.78 is 10.1. The summed E-state index contributed by atoms with van der Waals surface area (Å²) in [7, 11) is 0. The van der Waals surface area contributed by atoms with Crippen LogP contribution in [-0.2, 0) is 14.3 Å². The summed E-state index contributed by atoms with van der Waals surface area (Å²) in [5, 5.41) is 0.332. The molecule has 7 heteroatoms. The standard InChI is InChI=1S/C18H16N2O5/c1-10(21)24-13-5-3-4-12(8-13)17-19-16-7-6-14(25-11(2)22)9-15(16)18(23)20-17/h3,5-9,12H,4H2,1-2H3,(H,19,20,23). The number of carbonyl (C=O) groups excluding carboxylic acids is 2. The number of fused-ring (bicyclic) bond motifs is 1. The Morgan fingerprint density at radius 1 is 1.20 bits per heavy atom. The molecular weight excluding hydrogens is 324 g/mol. The van der Waals surface area contributed by atoms with Crippen molar-refractivity contribution in [3.8, 4) is 5.75 Å². The number of nitrogens with zero attached hydrogens (tertiary/aromatic N) is 1. The van der Waals surface area contributed by atoms with Gasteiger partial charge in [-0.05, 0) is 36.8 Å². The molecule has 2 aromatic rings. The number of carbonyl (C=O) groups is 2. The molecule has 0 saturated heterocycles. The second-order valence-corrected chi connectivity index (χ2v) is 5.63. The van der Waals surface area contributed by atoms with Crippen LogP contribution in [-0.4, -0.2) is 21.9 Å². The van der Waals surface area contributed by atoms with Crippen molar-refractivity contribution < 1.29 is 19.1 Å². The predicted molar refractivity (Wildman–Crippen MR) is 90.0 cm³/mol. The second-order valence-electron chi connectivity index (χ2n) is 5.63. The molecule has 1 aromatic heterocycles. The van der Waals surface area contributed by atoms with Crippen molar-refractivity contribution in [2.24, 2.45) is 0 Å². The fourth-order valence-electron chi connectivity index (χ4n) is 2.62. The first-order valence-electron chi connectivity index (χ1n) is 7.71. The largest absolute Gasteiger partial charge is 0.427 e. The Bertz CT molecular complexity index is 971. The Kier molecular flexibility index (Phi) is 4.47. The molecule has 3 rings (SSSR count). The SMILES string of the molecule is CC(=O)OC1=CC(c2nc3ccc(OC(C)=O)cc3c(=O)[nH]2)CC=C1. The first-order chi connectivity index (χ1) is 11.9. The number of esters is 2. The van der Waals surface area contributed by atoms with Crippen LogP contribution in [0.5, 0.6) is 5.75 Å². The molecule has 7 nitrogen and oxygen atoms in total. The number of aromatic amines is 1. The summed E-state index contributed by atoms with van der Waals surface area (Å²) in [5.41, 5.74) is 0.164. The van der Waals surface area contributed by atoms with Gasteiger partial charge in [0.15, 0.2) is 0 Å². The van der Waals surface area contributed by atoms with Crippen LogP contribution in [0.3, 0.4) is 0 Å². The van der Waals surface area contributed by atoms with E-state index in [4.69, 9.17) is 9.47 Å². The Morgan fingerprint density at radius 2 is 1.96 bits per heavy atom. The second kappa shape index (κ2) is 6.72. The van der Waals surface area contributed by atoms with Gasteiger partial charge in [0.1, 0.15) is 17.3 Å². The topological polar surface area (TPSA) is 98.3 Å². The van der Waals surface area contributed by atoms with E-state index in [0.29, 0.717) is 28.9 Å². The minimum atomic E-state index is -0.461. The highest BCUT2D eigenvalue weighted by atomic mass is 16.5. The Hall–Kier alpha value is -3.22. The molecule has 1 aliphatic rings. The smallest absolute Gasteiger partial charge is 0.308 e. The molecular formula is C18H16N2O5. The lowest BCUT2D eigenvalue weighted by Gasteiger charge is -2.16. The maximum atomic E-state index is 12.4. The average molecular weight is 340 g/mol. The van der Waals surface area contributed by atoms with Crippen LogP contribution in [0.2, 0.25) is 0 Å². The van der Waals surface area contributed by atoms with Crippen molar-refractivity contribution in [2.45, 2.75) is 26.2 Å². The van der Waals surface area contributed by atoms with E-state index in [9.17, 15) is 14.4 Å². The van der Waals surface area contributed by atoms with Crippen LogP contribution in [0, 0.1) is 0 Å². The van der Waals surface area contributed by atoms with E-state index in [-0.39, 0.29) is 17.2 Å². The van der Waals surface area contributed by atoms with Gasteiger partial charge in [0, 0.05) is 19.8 Å². The van der Waals surface area contributed by atoms with Gasteiger partial charge in [0.2, 0.25) is 0 Å². The summed E-state index contributed by atoms with van der Waals surface area (Å²) in [5.74, 6) is 0.123. The molecule has 25 heavy (non-hydrogen) atoms. The van der Waals surface area contributed by atoms with Gasteiger partial charge >= 0.3 is 11.9 Å². The van der Waals surface area contributed by atoms with Crippen molar-refractivity contribution in [3.05, 3.63) is 58.4 Å². The summed E-state index contributed by atoms with van der Waals surface area (Å²) in [6.45, 7) is 2.62. The minimum Gasteiger partial charge on any atom is -0.427 e. The highest BCUT2D eigenvalue weighted by molar-refractivity contribution is 5.80. The van der Waals surface area contributed by atoms with Gasteiger partial charge in [0.25, 0.3) is 5.56 Å². The molecule has 1 unspecified atom stereocenters. The number of hydrogen-bond acceptors (Lipinski definition) is 6. The zero-order valence-electron chi connectivity index (χ0n) is 13.7. The molecule has 0 radical (unpaired) electrons. The van der Waals surface area contributed by atoms with E-state index < -0.39 is 11.9 Å². The first kappa shape index (κ1) is 16.6. The van der Waals surface area contributed by atoms with Crippen LogP contribution in [0.4, 0.5) is 0 Å². The third-order valence-corrected chi connectivity index (χ3v) is 3.61. The highest BCUT2D eigenvalue weighted by Gasteiger charge is 2.17. The number of rotatable bonds is 3. The normalized spacial score (nSPS) is 16.4. The number of nitrogens with one attached hydrogen (secondary N) is 1. The lowest BCUT2D eigenvalue weighted by Crippen LogP contribution is -2.15. The zero-order chi connectivity index (χ0) is 18.0. The molecule has 0 saturated carbocycles. The van der Waals surface area contributed by atoms with Crippen molar-refractivity contribution in [1.29, 1.82) is 0 Å². The molecule has 1 N–H and O–H groups in total. The lowest BCUT2D eigenvalue weighted by atomic mass is 9.99. The third-order valence-electron chi connectivity index (χ3n) is 3.61. The average Bonchev–Trinajstić information content (AvgIpc) is 2.54. The summed E-state index contributed by atoms with van der Waals surface area (Å²) in [6, 6.07) is 4.69. The van der Waals surface area contributed by atoms with E-state index in [0.717, 1.165) is 0 Å². The summed E-state index contributed by atoms with van der Waals surface area (Å²) in [4.78, 5) is 41.7. The molecule has 0 bridgehead atoms. The van der Waals surface area contributed by atoms with Gasteiger partial charge in [-0.3, -0.25) is 14.4 Å². The number of allylic oxidation sites excluding steroid dienone is 3. The number of aromatic nitrogens is 2. The van der Waals surface area contributed by atoms with E-state index in [1.54, 1.807) is 24.3 Å². The van der Waals surface area contributed by atoms with Crippen LogP contribution >= 0.6 is 0 Å². The van der Waals surface area contributed by atoms with Gasteiger partial charge in [-0.1, -0.05) is 6.08 Å². The van der Waals surface area contributed by atoms with Crippen LogP contribution in [0.1, 0.15) is 32.0 Å². The van der Waals surface area contributed by atoms with E-state index in [1.165, 1.54) is 19.9 Å². The van der Waals surface area contributed by atoms with Crippen molar-refractivity contribution in [3.63, 3.8) is 0 Å². The van der Waals surface area contributed by atoms with E-state index in [2.05, 4.69) is 9.97 Å². The maximum Gasteiger partial charge on any atom is 0.308 e. The highest BCUT2D eigenvalue weighted by Crippen LogP contribution is 2.26. The quantitative estimate of drug-likeness (QED) is 0.680.